The van der Waals surface area contributed by atoms with Crippen molar-refractivity contribution in [1.82, 2.24) is 4.90 Å². The Balaban J connectivity index is 2.45. The van der Waals surface area contributed by atoms with E-state index in [1.807, 2.05) is 6.08 Å². The van der Waals surface area contributed by atoms with Crippen LogP contribution in [0.25, 0.3) is 0 Å². The van der Waals surface area contributed by atoms with E-state index >= 15 is 0 Å². The Bertz CT molecular complexity index is 146. The Morgan fingerprint density at radius 2 is 1.92 bits per heavy atom. The molecule has 0 spiro atoms. The zero-order valence-electron chi connectivity index (χ0n) is 7.96. The van der Waals surface area contributed by atoms with Gasteiger partial charge in [-0.3, -0.25) is 4.90 Å². The van der Waals surface area contributed by atoms with E-state index in [4.69, 9.17) is 11.6 Å². The van der Waals surface area contributed by atoms with E-state index in [-0.39, 0.29) is 0 Å². The van der Waals surface area contributed by atoms with Crippen molar-refractivity contribution in [3.05, 3.63) is 11.6 Å². The first-order valence-corrected chi connectivity index (χ1v) is 5.20. The first kappa shape index (κ1) is 10.1. The van der Waals surface area contributed by atoms with Gasteiger partial charge in [0.25, 0.3) is 0 Å². The van der Waals surface area contributed by atoms with Crippen LogP contribution in [0.2, 0.25) is 0 Å². The smallest absolute Gasteiger partial charge is 0.0180 e. The molecule has 0 N–H and O–H groups in total. The van der Waals surface area contributed by atoms with Crippen LogP contribution in [0.15, 0.2) is 11.6 Å². The monoisotopic (exact) mass is 187 g/mol. The average molecular weight is 188 g/mol. The summed E-state index contributed by atoms with van der Waals surface area (Å²) in [7, 11) is 0. The van der Waals surface area contributed by atoms with Crippen LogP contribution in [0.1, 0.15) is 33.1 Å². The lowest BCUT2D eigenvalue weighted by Crippen LogP contribution is -2.43. The van der Waals surface area contributed by atoms with Gasteiger partial charge in [-0.05, 0) is 26.7 Å². The average Bonchev–Trinajstić information content (AvgIpc) is 2.04. The summed E-state index contributed by atoms with van der Waals surface area (Å²) in [6.07, 6.45) is 6.07. The number of likely N-dealkylation sites (tertiary alicyclic amines) is 1. The largest absolute Gasteiger partial charge is 0.294 e. The second kappa shape index (κ2) is 4.88. The molecule has 0 saturated carbocycles. The van der Waals surface area contributed by atoms with Crippen LogP contribution in [0.4, 0.5) is 0 Å². The molecule has 1 aliphatic rings. The molecule has 1 rings (SSSR count). The van der Waals surface area contributed by atoms with Gasteiger partial charge < -0.3 is 0 Å². The molecule has 70 valence electrons. The Hall–Kier alpha value is -0.0100. The summed E-state index contributed by atoms with van der Waals surface area (Å²) in [6, 6.07) is 1.45. The summed E-state index contributed by atoms with van der Waals surface area (Å²) in [5, 5.41) is 0. The molecule has 0 radical (unpaired) electrons. The van der Waals surface area contributed by atoms with E-state index in [1.165, 1.54) is 19.3 Å². The maximum absolute atomic E-state index is 5.51. The fourth-order valence-corrected chi connectivity index (χ4v) is 2.08. The van der Waals surface area contributed by atoms with Crippen LogP contribution in [0, 0.1) is 0 Å². The molecule has 0 unspecified atom stereocenters. The highest BCUT2D eigenvalue weighted by atomic mass is 35.5. The highest BCUT2D eigenvalue weighted by Crippen LogP contribution is 2.21. The summed E-state index contributed by atoms with van der Waals surface area (Å²) in [5.41, 5.74) is 1.62. The van der Waals surface area contributed by atoms with Crippen LogP contribution < -0.4 is 0 Å². The van der Waals surface area contributed by atoms with E-state index in [1.54, 1.807) is 5.54 Å². The van der Waals surface area contributed by atoms with Crippen molar-refractivity contribution in [3.8, 4) is 0 Å². The molecular formula is C10H18ClN. The first-order valence-electron chi connectivity index (χ1n) is 4.76. The fourth-order valence-electron chi connectivity index (χ4n) is 2.00. The normalized spacial score (nSPS) is 32.9. The SMILES string of the molecule is C[C@@H]1CCC[C@@H](C)N1C/C=C/Cl. The molecule has 1 fully saturated rings. The predicted molar refractivity (Wildman–Crippen MR) is 54.5 cm³/mol. The van der Waals surface area contributed by atoms with E-state index < -0.39 is 0 Å². The Morgan fingerprint density at radius 1 is 1.33 bits per heavy atom. The maximum atomic E-state index is 5.51. The molecular weight excluding hydrogens is 170 g/mol. The minimum atomic E-state index is 0.724. The summed E-state index contributed by atoms with van der Waals surface area (Å²) < 4.78 is 0. The number of halogens is 1. The second-order valence-electron chi connectivity index (χ2n) is 3.69. The molecule has 2 heteroatoms. The van der Waals surface area contributed by atoms with Crippen LogP contribution in [0.3, 0.4) is 0 Å². The maximum Gasteiger partial charge on any atom is 0.0180 e. The number of hydrogen-bond donors (Lipinski definition) is 0. The van der Waals surface area contributed by atoms with Gasteiger partial charge in [0.1, 0.15) is 0 Å². The quantitative estimate of drug-likeness (QED) is 0.643. The molecule has 1 saturated heterocycles. The molecule has 0 aromatic carbocycles. The minimum absolute atomic E-state index is 0.724. The Morgan fingerprint density at radius 3 is 2.42 bits per heavy atom. The second-order valence-corrected chi connectivity index (χ2v) is 3.94. The van der Waals surface area contributed by atoms with Crippen LogP contribution in [-0.2, 0) is 0 Å². The van der Waals surface area contributed by atoms with Crippen molar-refractivity contribution in [2.75, 3.05) is 6.54 Å². The highest BCUT2D eigenvalue weighted by molar-refractivity contribution is 6.25. The van der Waals surface area contributed by atoms with Crippen molar-refractivity contribution >= 4 is 11.6 Å². The van der Waals surface area contributed by atoms with Crippen LogP contribution >= 0.6 is 11.6 Å². The Labute approximate surface area is 80.4 Å². The van der Waals surface area contributed by atoms with Crippen molar-refractivity contribution < 1.29 is 0 Å². The van der Waals surface area contributed by atoms with Crippen LogP contribution in [0.5, 0.6) is 0 Å². The van der Waals surface area contributed by atoms with E-state index in [9.17, 15) is 0 Å². The molecule has 0 bridgehead atoms. The number of hydrogen-bond acceptors (Lipinski definition) is 1. The van der Waals surface area contributed by atoms with Gasteiger partial charge in [-0.15, -0.1) is 0 Å². The minimum Gasteiger partial charge on any atom is -0.294 e. The molecule has 2 atom stereocenters. The zero-order valence-corrected chi connectivity index (χ0v) is 8.72. The molecule has 0 aromatic heterocycles. The van der Waals surface area contributed by atoms with Crippen LogP contribution in [-0.4, -0.2) is 23.5 Å². The molecule has 0 aliphatic carbocycles. The third kappa shape index (κ3) is 2.49. The predicted octanol–water partition coefficient (Wildman–Crippen LogP) is 3.00. The lowest BCUT2D eigenvalue weighted by molar-refractivity contribution is 0.119. The third-order valence-corrected chi connectivity index (χ3v) is 2.96. The number of piperidine rings is 1. The van der Waals surface area contributed by atoms with Gasteiger partial charge >= 0.3 is 0 Å². The fraction of sp³-hybridized carbons (Fsp3) is 0.800. The topological polar surface area (TPSA) is 3.24 Å². The van der Waals surface area contributed by atoms with Crippen molar-refractivity contribution in [1.29, 1.82) is 0 Å². The molecule has 1 nitrogen and oxygen atoms in total. The van der Waals surface area contributed by atoms with Gasteiger partial charge in [-0.25, -0.2) is 0 Å². The molecule has 1 heterocycles. The third-order valence-electron chi connectivity index (χ3n) is 2.78. The van der Waals surface area contributed by atoms with Gasteiger partial charge in [0.15, 0.2) is 0 Å². The van der Waals surface area contributed by atoms with Crippen molar-refractivity contribution in [3.63, 3.8) is 0 Å². The zero-order chi connectivity index (χ0) is 8.97. The Kier molecular flexibility index (Phi) is 4.10. The van der Waals surface area contributed by atoms with Gasteiger partial charge in [-0.2, -0.15) is 0 Å². The standard InChI is InChI=1S/C10H18ClN/c1-9-5-3-6-10(2)12(9)8-4-7-11/h4,7,9-10H,3,5-6,8H2,1-2H3/b7-4+/t9-,10-/m1/s1. The summed E-state index contributed by atoms with van der Waals surface area (Å²) in [5.74, 6) is 0. The first-order chi connectivity index (χ1) is 5.75. The summed E-state index contributed by atoms with van der Waals surface area (Å²) in [4.78, 5) is 2.52. The molecule has 0 amide bonds. The summed E-state index contributed by atoms with van der Waals surface area (Å²) in [6.45, 7) is 5.61. The van der Waals surface area contributed by atoms with Gasteiger partial charge in [0, 0.05) is 24.2 Å². The van der Waals surface area contributed by atoms with E-state index in [0.717, 1.165) is 18.6 Å². The molecule has 1 aliphatic heterocycles. The summed E-state index contributed by atoms with van der Waals surface area (Å²) >= 11 is 5.51. The van der Waals surface area contributed by atoms with Gasteiger partial charge in [-0.1, -0.05) is 24.1 Å². The van der Waals surface area contributed by atoms with Crippen molar-refractivity contribution in [2.45, 2.75) is 45.2 Å². The number of nitrogens with zero attached hydrogens (tertiary/aromatic N) is 1. The lowest BCUT2D eigenvalue weighted by Gasteiger charge is -2.38. The van der Waals surface area contributed by atoms with E-state index in [0.29, 0.717) is 0 Å². The molecule has 0 aromatic rings. The van der Waals surface area contributed by atoms with Crippen molar-refractivity contribution in [2.24, 2.45) is 0 Å². The van der Waals surface area contributed by atoms with Gasteiger partial charge in [0.2, 0.25) is 0 Å². The van der Waals surface area contributed by atoms with E-state index in [2.05, 4.69) is 18.7 Å². The lowest BCUT2D eigenvalue weighted by atomic mass is 9.98. The number of rotatable bonds is 2. The highest BCUT2D eigenvalue weighted by Gasteiger charge is 2.22. The molecule has 12 heavy (non-hydrogen) atoms. The van der Waals surface area contributed by atoms with Gasteiger partial charge in [0.05, 0.1) is 0 Å².